The van der Waals surface area contributed by atoms with Crippen molar-refractivity contribution in [1.29, 1.82) is 0 Å². The van der Waals surface area contributed by atoms with Crippen molar-refractivity contribution in [2.24, 2.45) is 0 Å². The Labute approximate surface area is 145 Å². The Morgan fingerprint density at radius 2 is 1.61 bits per heavy atom. The number of benzene rings is 2. The molecule has 0 aromatic heterocycles. The van der Waals surface area contributed by atoms with Gasteiger partial charge in [0, 0.05) is 6.07 Å². The second kappa shape index (κ2) is 11.8. The molecule has 0 bridgehead atoms. The zero-order chi connectivity index (χ0) is 15.5. The van der Waals surface area contributed by atoms with Crippen LogP contribution in [0.25, 0.3) is 0 Å². The van der Waals surface area contributed by atoms with Crippen molar-refractivity contribution in [3.63, 3.8) is 0 Å². The van der Waals surface area contributed by atoms with E-state index in [2.05, 4.69) is 35.6 Å². The quantitative estimate of drug-likeness (QED) is 0.663. The van der Waals surface area contributed by atoms with E-state index in [0.717, 1.165) is 44.0 Å². The maximum Gasteiger partial charge on any atom is 0.122 e. The fourth-order valence-corrected chi connectivity index (χ4v) is 2.27. The summed E-state index contributed by atoms with van der Waals surface area (Å²) in [4.78, 5) is 0. The van der Waals surface area contributed by atoms with Crippen molar-refractivity contribution < 1.29 is 9.47 Å². The third kappa shape index (κ3) is 7.91. The molecule has 3 nitrogen and oxygen atoms in total. The highest BCUT2D eigenvalue weighted by molar-refractivity contribution is 5.85. The van der Waals surface area contributed by atoms with E-state index in [1.54, 1.807) is 7.11 Å². The maximum absolute atomic E-state index is 5.70. The van der Waals surface area contributed by atoms with Gasteiger partial charge in [0.25, 0.3) is 0 Å². The lowest BCUT2D eigenvalue weighted by Gasteiger charge is -2.08. The van der Waals surface area contributed by atoms with Crippen LogP contribution in [0.15, 0.2) is 54.6 Å². The van der Waals surface area contributed by atoms with Gasteiger partial charge in [-0.1, -0.05) is 36.4 Å². The minimum absolute atomic E-state index is 0. The van der Waals surface area contributed by atoms with E-state index in [1.807, 2.05) is 24.3 Å². The minimum Gasteiger partial charge on any atom is -0.497 e. The van der Waals surface area contributed by atoms with E-state index in [1.165, 1.54) is 12.0 Å². The number of halogens is 1. The monoisotopic (exact) mass is 335 g/mol. The van der Waals surface area contributed by atoms with Gasteiger partial charge in [0.1, 0.15) is 11.5 Å². The smallest absolute Gasteiger partial charge is 0.122 e. The van der Waals surface area contributed by atoms with Crippen LogP contribution in [0.2, 0.25) is 0 Å². The number of rotatable bonds is 10. The third-order valence-electron chi connectivity index (χ3n) is 3.47. The zero-order valence-corrected chi connectivity index (χ0v) is 14.5. The van der Waals surface area contributed by atoms with Crippen LogP contribution in [0.3, 0.4) is 0 Å². The van der Waals surface area contributed by atoms with E-state index < -0.39 is 0 Å². The first-order chi connectivity index (χ1) is 10.9. The Bertz CT molecular complexity index is 534. The van der Waals surface area contributed by atoms with Crippen LogP contribution in [0.5, 0.6) is 11.5 Å². The molecule has 1 N–H and O–H groups in total. The van der Waals surface area contributed by atoms with Gasteiger partial charge in [-0.2, -0.15) is 0 Å². The molecule has 0 spiro atoms. The standard InChI is InChI=1S/C19H25NO2.ClH/c1-21-18-11-5-12-19(16-18)22-15-7-14-20-13-6-10-17-8-3-2-4-9-17;/h2-5,8-9,11-12,16,20H,6-7,10,13-15H2,1H3;1H. The second-order valence-electron chi connectivity index (χ2n) is 5.22. The Kier molecular flexibility index (Phi) is 9.92. The first kappa shape index (κ1) is 19.3. The average molecular weight is 336 g/mol. The molecule has 0 fully saturated rings. The van der Waals surface area contributed by atoms with Gasteiger partial charge in [-0.05, 0) is 50.0 Å². The van der Waals surface area contributed by atoms with Gasteiger partial charge in [-0.15, -0.1) is 12.4 Å². The average Bonchev–Trinajstić information content (AvgIpc) is 2.58. The lowest BCUT2D eigenvalue weighted by Crippen LogP contribution is -2.19. The van der Waals surface area contributed by atoms with E-state index >= 15 is 0 Å². The number of aryl methyl sites for hydroxylation is 1. The molecule has 2 rings (SSSR count). The van der Waals surface area contributed by atoms with Crippen molar-refractivity contribution in [2.75, 3.05) is 26.8 Å². The van der Waals surface area contributed by atoms with Gasteiger partial charge in [0.05, 0.1) is 13.7 Å². The fourth-order valence-electron chi connectivity index (χ4n) is 2.27. The highest BCUT2D eigenvalue weighted by atomic mass is 35.5. The van der Waals surface area contributed by atoms with E-state index in [9.17, 15) is 0 Å². The normalized spacial score (nSPS) is 9.96. The molecule has 0 saturated heterocycles. The zero-order valence-electron chi connectivity index (χ0n) is 13.7. The lowest BCUT2D eigenvalue weighted by molar-refractivity contribution is 0.306. The largest absolute Gasteiger partial charge is 0.497 e. The number of methoxy groups -OCH3 is 1. The van der Waals surface area contributed by atoms with Crippen LogP contribution in [-0.4, -0.2) is 26.8 Å². The first-order valence-electron chi connectivity index (χ1n) is 7.90. The summed E-state index contributed by atoms with van der Waals surface area (Å²) in [5.41, 5.74) is 1.41. The highest BCUT2D eigenvalue weighted by Crippen LogP contribution is 2.18. The maximum atomic E-state index is 5.70. The van der Waals surface area contributed by atoms with E-state index in [-0.39, 0.29) is 12.4 Å². The molecule has 0 aliphatic rings. The van der Waals surface area contributed by atoms with Crippen molar-refractivity contribution in [2.45, 2.75) is 19.3 Å². The highest BCUT2D eigenvalue weighted by Gasteiger charge is 1.97. The van der Waals surface area contributed by atoms with Crippen LogP contribution in [0.1, 0.15) is 18.4 Å². The molecular formula is C19H26ClNO2. The summed E-state index contributed by atoms with van der Waals surface area (Å²) in [6, 6.07) is 18.3. The summed E-state index contributed by atoms with van der Waals surface area (Å²) in [5.74, 6) is 1.69. The molecule has 0 atom stereocenters. The molecule has 126 valence electrons. The molecule has 23 heavy (non-hydrogen) atoms. The van der Waals surface area contributed by atoms with Gasteiger partial charge in [-0.3, -0.25) is 0 Å². The molecule has 2 aromatic rings. The Morgan fingerprint density at radius 1 is 0.870 bits per heavy atom. The van der Waals surface area contributed by atoms with Crippen LogP contribution in [0.4, 0.5) is 0 Å². The summed E-state index contributed by atoms with van der Waals surface area (Å²) < 4.78 is 10.9. The number of hydrogen-bond acceptors (Lipinski definition) is 3. The summed E-state index contributed by atoms with van der Waals surface area (Å²) in [5, 5.41) is 3.46. The van der Waals surface area contributed by atoms with Crippen LogP contribution in [-0.2, 0) is 6.42 Å². The van der Waals surface area contributed by atoms with E-state index in [0.29, 0.717) is 0 Å². The Balaban J connectivity index is 0.00000264. The van der Waals surface area contributed by atoms with Crippen LogP contribution >= 0.6 is 12.4 Å². The SMILES string of the molecule is COc1cccc(OCCCNCCCc2ccccc2)c1.Cl. The molecule has 2 aromatic carbocycles. The van der Waals surface area contributed by atoms with Crippen LogP contribution in [0, 0.1) is 0 Å². The number of hydrogen-bond donors (Lipinski definition) is 1. The predicted octanol–water partition coefficient (Wildman–Crippen LogP) is 4.11. The summed E-state index contributed by atoms with van der Waals surface area (Å²) in [7, 11) is 1.67. The number of nitrogens with one attached hydrogen (secondary N) is 1. The molecule has 0 aliphatic heterocycles. The molecular weight excluding hydrogens is 310 g/mol. The summed E-state index contributed by atoms with van der Waals surface area (Å²) in [6.45, 7) is 2.76. The van der Waals surface area contributed by atoms with Crippen LogP contribution < -0.4 is 14.8 Å². The Hall–Kier alpha value is -1.71. The van der Waals surface area contributed by atoms with Crippen molar-refractivity contribution in [3.05, 3.63) is 60.2 Å². The van der Waals surface area contributed by atoms with Gasteiger partial charge in [-0.25, -0.2) is 0 Å². The lowest BCUT2D eigenvalue weighted by atomic mass is 10.1. The minimum atomic E-state index is 0. The van der Waals surface area contributed by atoms with Gasteiger partial charge < -0.3 is 14.8 Å². The molecule has 0 unspecified atom stereocenters. The topological polar surface area (TPSA) is 30.5 Å². The second-order valence-corrected chi connectivity index (χ2v) is 5.22. The summed E-state index contributed by atoms with van der Waals surface area (Å²) in [6.07, 6.45) is 3.30. The van der Waals surface area contributed by atoms with Crippen molar-refractivity contribution in [3.8, 4) is 11.5 Å². The van der Waals surface area contributed by atoms with Crippen molar-refractivity contribution in [1.82, 2.24) is 5.32 Å². The molecule has 0 aliphatic carbocycles. The first-order valence-corrected chi connectivity index (χ1v) is 7.90. The number of ether oxygens (including phenoxy) is 2. The fraction of sp³-hybridized carbons (Fsp3) is 0.368. The molecule has 0 saturated carbocycles. The molecule has 0 amide bonds. The van der Waals surface area contributed by atoms with Crippen molar-refractivity contribution >= 4 is 12.4 Å². The van der Waals surface area contributed by atoms with E-state index in [4.69, 9.17) is 9.47 Å². The molecule has 0 heterocycles. The van der Waals surface area contributed by atoms with Gasteiger partial charge >= 0.3 is 0 Å². The van der Waals surface area contributed by atoms with Gasteiger partial charge in [0.15, 0.2) is 0 Å². The van der Waals surface area contributed by atoms with Gasteiger partial charge in [0.2, 0.25) is 0 Å². The summed E-state index contributed by atoms with van der Waals surface area (Å²) >= 11 is 0. The third-order valence-corrected chi connectivity index (χ3v) is 3.47. The molecule has 4 heteroatoms. The Morgan fingerprint density at radius 3 is 2.39 bits per heavy atom. The molecule has 0 radical (unpaired) electrons. The predicted molar refractivity (Wildman–Crippen MR) is 98.0 cm³/mol.